The fourth-order valence-electron chi connectivity index (χ4n) is 3.18. The molecule has 0 heterocycles. The molecule has 0 aliphatic heterocycles. The summed E-state index contributed by atoms with van der Waals surface area (Å²) in [6.45, 7) is 3.17. The third-order valence-electron chi connectivity index (χ3n) is 5.06. The van der Waals surface area contributed by atoms with E-state index in [1.807, 2.05) is 49.4 Å². The molecule has 6 heteroatoms. The number of carbonyl (C=O) groups is 1. The van der Waals surface area contributed by atoms with Gasteiger partial charge in [-0.1, -0.05) is 55.5 Å². The first kappa shape index (κ1) is 22.2. The number of Topliss-reactive ketones (excluding diaryl/α,β-unsaturated/α-hetero) is 1. The summed E-state index contributed by atoms with van der Waals surface area (Å²) < 4.78 is 0. The van der Waals surface area contributed by atoms with Gasteiger partial charge >= 0.3 is 0 Å². The molecule has 0 aromatic heterocycles. The second-order valence-corrected chi connectivity index (χ2v) is 7.13. The predicted molar refractivity (Wildman–Crippen MR) is 106 cm³/mol. The van der Waals surface area contributed by atoms with E-state index in [9.17, 15) is 25.2 Å². The minimum Gasteiger partial charge on any atom is -0.394 e. The third-order valence-corrected chi connectivity index (χ3v) is 5.06. The van der Waals surface area contributed by atoms with Crippen molar-refractivity contribution in [1.29, 1.82) is 0 Å². The first-order chi connectivity index (χ1) is 13.3. The van der Waals surface area contributed by atoms with Crippen LogP contribution in [-0.2, 0) is 4.79 Å². The first-order valence-electron chi connectivity index (χ1n) is 9.27. The molecule has 0 bridgehead atoms. The van der Waals surface area contributed by atoms with Crippen LogP contribution in [0.25, 0.3) is 6.08 Å². The monoisotopic (exact) mass is 388 g/mol. The molecule has 1 unspecified atom stereocenters. The molecule has 1 aromatic rings. The summed E-state index contributed by atoms with van der Waals surface area (Å²) in [6.07, 6.45) is -1.49. The van der Waals surface area contributed by atoms with Crippen molar-refractivity contribution in [1.82, 2.24) is 0 Å². The molecule has 1 aliphatic rings. The molecular weight excluding hydrogens is 360 g/mol. The van der Waals surface area contributed by atoms with Crippen molar-refractivity contribution in [2.45, 2.75) is 44.7 Å². The number of aliphatic hydroxyl groups excluding tert-OH is 5. The van der Waals surface area contributed by atoms with Crippen LogP contribution in [-0.4, -0.2) is 62.3 Å². The summed E-state index contributed by atoms with van der Waals surface area (Å²) in [5.41, 5.74) is 3.74. The Morgan fingerprint density at radius 3 is 2.36 bits per heavy atom. The van der Waals surface area contributed by atoms with Gasteiger partial charge in [0.2, 0.25) is 0 Å². The first-order valence-corrected chi connectivity index (χ1v) is 9.27. The second-order valence-electron chi connectivity index (χ2n) is 7.13. The SMILES string of the molecule is CC1=C(CC(=O)[C@H](O)[C@@H](O)[C@H](O)[C@H](O)CO)C=CC(C)C1=Cc1ccccc1. The molecule has 5 N–H and O–H groups in total. The normalized spacial score (nSPS) is 22.8. The molecule has 0 spiro atoms. The summed E-state index contributed by atoms with van der Waals surface area (Å²) in [5.74, 6) is -0.514. The quantitative estimate of drug-likeness (QED) is 0.453. The highest BCUT2D eigenvalue weighted by molar-refractivity contribution is 5.87. The van der Waals surface area contributed by atoms with E-state index in [0.29, 0.717) is 5.57 Å². The van der Waals surface area contributed by atoms with Crippen molar-refractivity contribution >= 4 is 11.9 Å². The zero-order valence-electron chi connectivity index (χ0n) is 16.1. The Bertz CT molecular complexity index is 764. The predicted octanol–water partition coefficient (Wildman–Crippen LogP) is 0.987. The van der Waals surface area contributed by atoms with E-state index in [0.717, 1.165) is 16.7 Å². The smallest absolute Gasteiger partial charge is 0.168 e. The number of hydrogen-bond acceptors (Lipinski definition) is 6. The number of benzene rings is 1. The van der Waals surface area contributed by atoms with Crippen LogP contribution in [0.3, 0.4) is 0 Å². The Hall–Kier alpha value is -2.09. The largest absolute Gasteiger partial charge is 0.394 e. The summed E-state index contributed by atoms with van der Waals surface area (Å²) in [6, 6.07) is 9.81. The van der Waals surface area contributed by atoms with Gasteiger partial charge in [-0.2, -0.15) is 0 Å². The van der Waals surface area contributed by atoms with E-state index in [-0.39, 0.29) is 12.3 Å². The molecule has 0 saturated carbocycles. The van der Waals surface area contributed by atoms with Crippen molar-refractivity contribution in [2.75, 3.05) is 6.61 Å². The molecule has 6 nitrogen and oxygen atoms in total. The zero-order chi connectivity index (χ0) is 20.8. The number of rotatable bonds is 8. The van der Waals surface area contributed by atoms with Crippen molar-refractivity contribution in [2.24, 2.45) is 5.92 Å². The Morgan fingerprint density at radius 1 is 1.11 bits per heavy atom. The number of ketones is 1. The van der Waals surface area contributed by atoms with Gasteiger partial charge in [-0.05, 0) is 35.1 Å². The summed E-state index contributed by atoms with van der Waals surface area (Å²) in [7, 11) is 0. The molecule has 28 heavy (non-hydrogen) atoms. The maximum absolute atomic E-state index is 12.4. The van der Waals surface area contributed by atoms with Gasteiger partial charge in [0, 0.05) is 6.42 Å². The maximum atomic E-state index is 12.4. The van der Waals surface area contributed by atoms with Crippen molar-refractivity contribution in [3.05, 3.63) is 64.8 Å². The van der Waals surface area contributed by atoms with E-state index in [1.165, 1.54) is 0 Å². The van der Waals surface area contributed by atoms with Crippen LogP contribution in [0, 0.1) is 5.92 Å². The molecule has 0 radical (unpaired) electrons. The van der Waals surface area contributed by atoms with Crippen molar-refractivity contribution < 1.29 is 30.3 Å². The van der Waals surface area contributed by atoms with Gasteiger partial charge in [0.05, 0.1) is 6.61 Å². The average Bonchev–Trinajstić information content (AvgIpc) is 2.71. The van der Waals surface area contributed by atoms with E-state index >= 15 is 0 Å². The van der Waals surface area contributed by atoms with Gasteiger partial charge in [-0.3, -0.25) is 4.79 Å². The summed E-state index contributed by atoms with van der Waals surface area (Å²) in [5, 5.41) is 47.9. The van der Waals surface area contributed by atoms with Gasteiger partial charge in [0.25, 0.3) is 0 Å². The second kappa shape index (κ2) is 9.91. The molecule has 0 amide bonds. The van der Waals surface area contributed by atoms with E-state index in [2.05, 4.69) is 13.0 Å². The van der Waals surface area contributed by atoms with E-state index in [1.54, 1.807) is 0 Å². The van der Waals surface area contributed by atoms with Gasteiger partial charge in [0.15, 0.2) is 5.78 Å². The highest BCUT2D eigenvalue weighted by atomic mass is 16.4. The summed E-state index contributed by atoms with van der Waals surface area (Å²) >= 11 is 0. The topological polar surface area (TPSA) is 118 Å². The van der Waals surface area contributed by atoms with Gasteiger partial charge in [0.1, 0.15) is 24.4 Å². The molecule has 152 valence electrons. The van der Waals surface area contributed by atoms with Crippen molar-refractivity contribution in [3.63, 3.8) is 0 Å². The van der Waals surface area contributed by atoms with Crippen molar-refractivity contribution in [3.8, 4) is 0 Å². The average molecular weight is 388 g/mol. The molecule has 0 saturated heterocycles. The number of carbonyl (C=O) groups excluding carboxylic acids is 1. The standard InChI is InChI=1S/C22H28O6/c1-13-8-9-16(14(2)17(13)10-15-6-4-3-5-7-15)11-18(24)20(26)22(28)21(27)19(25)12-23/h3-10,13,19-23,25-28H,11-12H2,1-2H3/t13?,19-,20+,21-,22-/m1/s1. The minimum atomic E-state index is -1.89. The van der Waals surface area contributed by atoms with Gasteiger partial charge in [-0.15, -0.1) is 0 Å². The van der Waals surface area contributed by atoms with Gasteiger partial charge in [-0.25, -0.2) is 0 Å². The molecule has 5 atom stereocenters. The van der Waals surface area contributed by atoms with Crippen LogP contribution in [0.15, 0.2) is 59.2 Å². The third kappa shape index (κ3) is 5.25. The minimum absolute atomic E-state index is 0.124. The lowest BCUT2D eigenvalue weighted by molar-refractivity contribution is -0.146. The molecular formula is C22H28O6. The van der Waals surface area contributed by atoms with Crippen LogP contribution in [0.1, 0.15) is 25.8 Å². The summed E-state index contributed by atoms with van der Waals surface area (Å²) in [4.78, 5) is 12.4. The number of allylic oxidation sites excluding steroid dienone is 5. The van der Waals surface area contributed by atoms with Crippen LogP contribution in [0.4, 0.5) is 0 Å². The van der Waals surface area contributed by atoms with E-state index < -0.39 is 36.8 Å². The fraction of sp³-hybridized carbons (Fsp3) is 0.409. The molecule has 1 aliphatic carbocycles. The highest BCUT2D eigenvalue weighted by Gasteiger charge is 2.34. The number of aliphatic hydroxyl groups is 5. The fourth-order valence-corrected chi connectivity index (χ4v) is 3.18. The highest BCUT2D eigenvalue weighted by Crippen LogP contribution is 2.32. The lowest BCUT2D eigenvalue weighted by Gasteiger charge is -2.26. The van der Waals surface area contributed by atoms with Crippen LogP contribution < -0.4 is 0 Å². The molecule has 2 rings (SSSR count). The Morgan fingerprint density at radius 2 is 1.75 bits per heavy atom. The van der Waals surface area contributed by atoms with Crippen LogP contribution in [0.2, 0.25) is 0 Å². The van der Waals surface area contributed by atoms with E-state index in [4.69, 9.17) is 5.11 Å². The molecule has 0 fully saturated rings. The zero-order valence-corrected chi connectivity index (χ0v) is 16.1. The lowest BCUT2D eigenvalue weighted by atomic mass is 9.83. The molecule has 1 aromatic carbocycles. The van der Waals surface area contributed by atoms with Crippen LogP contribution >= 0.6 is 0 Å². The number of hydrogen-bond donors (Lipinski definition) is 5. The Kier molecular flexibility index (Phi) is 7.86. The Labute approximate surface area is 164 Å². The Balaban J connectivity index is 2.18. The maximum Gasteiger partial charge on any atom is 0.168 e. The van der Waals surface area contributed by atoms with Crippen LogP contribution in [0.5, 0.6) is 0 Å². The lowest BCUT2D eigenvalue weighted by Crippen LogP contribution is -2.48. The van der Waals surface area contributed by atoms with Gasteiger partial charge < -0.3 is 25.5 Å².